The number of rotatable bonds is 4. The van der Waals surface area contributed by atoms with Gasteiger partial charge in [0.2, 0.25) is 0 Å². The molecule has 1 amide bonds. The molecular formula is C15H18N4O4. The Morgan fingerprint density at radius 1 is 1.48 bits per heavy atom. The number of nitrogens with zero attached hydrogens (tertiary/aromatic N) is 3. The molecule has 3 rings (SSSR count). The molecule has 1 N–H and O–H groups in total. The Bertz CT molecular complexity index is 739. The molecule has 0 radical (unpaired) electrons. The second-order valence-electron chi connectivity index (χ2n) is 5.44. The Morgan fingerprint density at radius 2 is 2.35 bits per heavy atom. The summed E-state index contributed by atoms with van der Waals surface area (Å²) in [6.45, 7) is 3.23. The van der Waals surface area contributed by atoms with Gasteiger partial charge in [0.1, 0.15) is 5.76 Å². The van der Waals surface area contributed by atoms with E-state index in [-0.39, 0.29) is 17.6 Å². The number of H-pyrrole nitrogens is 1. The molecule has 0 aromatic carbocycles. The van der Waals surface area contributed by atoms with E-state index in [1.54, 1.807) is 11.8 Å². The van der Waals surface area contributed by atoms with Gasteiger partial charge in [0.15, 0.2) is 12.1 Å². The van der Waals surface area contributed by atoms with Gasteiger partial charge in [0.25, 0.3) is 11.5 Å². The van der Waals surface area contributed by atoms with Crippen molar-refractivity contribution < 1.29 is 13.9 Å². The molecule has 0 spiro atoms. The van der Waals surface area contributed by atoms with E-state index in [9.17, 15) is 9.59 Å². The molecule has 8 nitrogen and oxygen atoms in total. The fourth-order valence-corrected chi connectivity index (χ4v) is 2.59. The van der Waals surface area contributed by atoms with E-state index in [2.05, 4.69) is 15.0 Å². The molecule has 8 heteroatoms. The van der Waals surface area contributed by atoms with Crippen molar-refractivity contribution in [3.8, 4) is 0 Å². The van der Waals surface area contributed by atoms with Crippen molar-refractivity contribution in [3.63, 3.8) is 0 Å². The number of aryl methyl sites for hydroxylation is 2. The van der Waals surface area contributed by atoms with E-state index in [1.165, 1.54) is 18.8 Å². The zero-order valence-electron chi connectivity index (χ0n) is 12.8. The molecule has 1 saturated heterocycles. The normalized spacial score (nSPS) is 18.1. The van der Waals surface area contributed by atoms with Gasteiger partial charge in [-0.15, -0.1) is 0 Å². The van der Waals surface area contributed by atoms with Crippen LogP contribution in [0, 0.1) is 6.92 Å². The molecule has 23 heavy (non-hydrogen) atoms. The summed E-state index contributed by atoms with van der Waals surface area (Å²) in [5, 5.41) is 0. The van der Waals surface area contributed by atoms with E-state index in [0.29, 0.717) is 49.7 Å². The van der Waals surface area contributed by atoms with Crippen LogP contribution in [0.2, 0.25) is 0 Å². The molecule has 122 valence electrons. The molecule has 2 aromatic heterocycles. The van der Waals surface area contributed by atoms with Crippen LogP contribution in [0.4, 0.5) is 0 Å². The van der Waals surface area contributed by atoms with Gasteiger partial charge < -0.3 is 19.0 Å². The highest BCUT2D eigenvalue weighted by atomic mass is 16.5. The van der Waals surface area contributed by atoms with Crippen molar-refractivity contribution in [2.24, 2.45) is 0 Å². The number of aromatic amines is 1. The van der Waals surface area contributed by atoms with Gasteiger partial charge >= 0.3 is 0 Å². The first-order chi connectivity index (χ1) is 11.1. The van der Waals surface area contributed by atoms with Crippen LogP contribution in [0.1, 0.15) is 28.4 Å². The number of aromatic nitrogens is 3. The second kappa shape index (κ2) is 6.74. The van der Waals surface area contributed by atoms with E-state index in [0.717, 1.165) is 0 Å². The highest BCUT2D eigenvalue weighted by Gasteiger charge is 2.27. The molecule has 1 aliphatic heterocycles. The van der Waals surface area contributed by atoms with E-state index >= 15 is 0 Å². The number of carbonyl (C=O) groups is 1. The summed E-state index contributed by atoms with van der Waals surface area (Å²) in [5.74, 6) is 0.379. The molecule has 1 fully saturated rings. The lowest BCUT2D eigenvalue weighted by atomic mass is 10.1. The number of ether oxygens (including phenoxy) is 1. The highest BCUT2D eigenvalue weighted by molar-refractivity contribution is 5.93. The summed E-state index contributed by atoms with van der Waals surface area (Å²) in [4.78, 5) is 36.0. The third-order valence-electron chi connectivity index (χ3n) is 3.83. The number of morpholine rings is 1. The fraction of sp³-hybridized carbons (Fsp3) is 0.467. The molecule has 0 aliphatic carbocycles. The van der Waals surface area contributed by atoms with Crippen molar-refractivity contribution >= 4 is 5.91 Å². The average Bonchev–Trinajstić information content (AvgIpc) is 2.99. The number of carbonyl (C=O) groups excluding carboxylic acids is 1. The number of oxazole rings is 1. The number of amides is 1. The SMILES string of the molecule is Cc1ocnc1C(=O)N1CCO[C@@H](CCc2cc(=O)[nH]cn2)C1. The van der Waals surface area contributed by atoms with Crippen LogP contribution in [0.3, 0.4) is 0 Å². The first kappa shape index (κ1) is 15.4. The minimum atomic E-state index is -0.169. The van der Waals surface area contributed by atoms with Gasteiger partial charge in [0, 0.05) is 24.8 Å². The van der Waals surface area contributed by atoms with Crippen LogP contribution in [-0.4, -0.2) is 51.6 Å². The first-order valence-electron chi connectivity index (χ1n) is 7.48. The summed E-state index contributed by atoms with van der Waals surface area (Å²) in [5.41, 5.74) is 0.896. The van der Waals surface area contributed by atoms with Gasteiger partial charge in [-0.1, -0.05) is 0 Å². The van der Waals surface area contributed by atoms with Crippen molar-refractivity contribution in [1.29, 1.82) is 0 Å². The summed E-state index contributed by atoms with van der Waals surface area (Å²) < 4.78 is 10.8. The van der Waals surface area contributed by atoms with Crippen LogP contribution in [0.25, 0.3) is 0 Å². The molecule has 0 bridgehead atoms. The van der Waals surface area contributed by atoms with Gasteiger partial charge in [-0.05, 0) is 19.8 Å². The van der Waals surface area contributed by atoms with Crippen molar-refractivity contribution in [2.75, 3.05) is 19.7 Å². The van der Waals surface area contributed by atoms with Gasteiger partial charge in [-0.2, -0.15) is 0 Å². The molecule has 0 saturated carbocycles. The number of hydrogen-bond acceptors (Lipinski definition) is 6. The summed E-state index contributed by atoms with van der Waals surface area (Å²) in [7, 11) is 0. The second-order valence-corrected chi connectivity index (χ2v) is 5.44. The lowest BCUT2D eigenvalue weighted by Gasteiger charge is -2.32. The van der Waals surface area contributed by atoms with Gasteiger partial charge in [-0.3, -0.25) is 9.59 Å². The maximum atomic E-state index is 12.4. The van der Waals surface area contributed by atoms with Crippen molar-refractivity contribution in [1.82, 2.24) is 19.9 Å². The average molecular weight is 318 g/mol. The summed E-state index contributed by atoms with van der Waals surface area (Å²) >= 11 is 0. The Morgan fingerprint density at radius 3 is 3.09 bits per heavy atom. The summed E-state index contributed by atoms with van der Waals surface area (Å²) in [6.07, 6.45) is 3.90. The maximum Gasteiger partial charge on any atom is 0.276 e. The largest absolute Gasteiger partial charge is 0.448 e. The third kappa shape index (κ3) is 3.65. The van der Waals surface area contributed by atoms with Crippen LogP contribution in [0.5, 0.6) is 0 Å². The Hall–Kier alpha value is -2.48. The fourth-order valence-electron chi connectivity index (χ4n) is 2.59. The standard InChI is InChI=1S/C15H18N4O4/c1-10-14(18-9-23-10)15(21)19-4-5-22-12(7-19)3-2-11-6-13(20)17-8-16-11/h6,8-9,12H,2-5,7H2,1H3,(H,16,17,20)/t12-/m0/s1. The lowest BCUT2D eigenvalue weighted by molar-refractivity contribution is -0.0249. The Labute approximate surface area is 132 Å². The van der Waals surface area contributed by atoms with Crippen LogP contribution in [0.15, 0.2) is 28.0 Å². The van der Waals surface area contributed by atoms with E-state index < -0.39 is 0 Å². The predicted molar refractivity (Wildman–Crippen MR) is 80.1 cm³/mol. The Balaban J connectivity index is 1.59. The number of nitrogens with one attached hydrogen (secondary N) is 1. The minimum absolute atomic E-state index is 0.0824. The quantitative estimate of drug-likeness (QED) is 0.883. The zero-order chi connectivity index (χ0) is 16.2. The Kier molecular flexibility index (Phi) is 4.52. The van der Waals surface area contributed by atoms with Crippen LogP contribution < -0.4 is 5.56 Å². The molecular weight excluding hydrogens is 300 g/mol. The van der Waals surface area contributed by atoms with Crippen LogP contribution in [-0.2, 0) is 11.2 Å². The van der Waals surface area contributed by atoms with Crippen molar-refractivity contribution in [2.45, 2.75) is 25.9 Å². The van der Waals surface area contributed by atoms with Gasteiger partial charge in [-0.25, -0.2) is 9.97 Å². The highest BCUT2D eigenvalue weighted by Crippen LogP contribution is 2.15. The first-order valence-corrected chi connectivity index (χ1v) is 7.48. The van der Waals surface area contributed by atoms with Gasteiger partial charge in [0.05, 0.1) is 19.0 Å². The topological polar surface area (TPSA) is 101 Å². The third-order valence-corrected chi connectivity index (χ3v) is 3.83. The zero-order valence-corrected chi connectivity index (χ0v) is 12.8. The minimum Gasteiger partial charge on any atom is -0.448 e. The molecule has 1 atom stereocenters. The summed E-state index contributed by atoms with van der Waals surface area (Å²) in [6, 6.07) is 1.48. The van der Waals surface area contributed by atoms with Crippen molar-refractivity contribution in [3.05, 3.63) is 46.3 Å². The predicted octanol–water partition coefficient (Wildman–Crippen LogP) is 0.540. The number of hydrogen-bond donors (Lipinski definition) is 1. The molecule has 3 heterocycles. The maximum absolute atomic E-state index is 12.4. The smallest absolute Gasteiger partial charge is 0.276 e. The molecule has 0 unspecified atom stereocenters. The lowest BCUT2D eigenvalue weighted by Crippen LogP contribution is -2.46. The monoisotopic (exact) mass is 318 g/mol. The van der Waals surface area contributed by atoms with E-state index in [1.807, 2.05) is 0 Å². The van der Waals surface area contributed by atoms with E-state index in [4.69, 9.17) is 9.15 Å². The molecule has 2 aromatic rings. The molecule has 1 aliphatic rings. The van der Waals surface area contributed by atoms with Crippen LogP contribution >= 0.6 is 0 Å².